The first-order chi connectivity index (χ1) is 6.81. The lowest BCUT2D eigenvalue weighted by molar-refractivity contribution is -0.132. The van der Waals surface area contributed by atoms with Crippen LogP contribution in [0.2, 0.25) is 0 Å². The maximum Gasteiger partial charge on any atom is 0.222 e. The van der Waals surface area contributed by atoms with Gasteiger partial charge in [0.25, 0.3) is 0 Å². The lowest BCUT2D eigenvalue weighted by atomic mass is 10.2. The van der Waals surface area contributed by atoms with Gasteiger partial charge in [0.15, 0.2) is 0 Å². The quantitative estimate of drug-likeness (QED) is 0.638. The van der Waals surface area contributed by atoms with E-state index in [1.54, 1.807) is 0 Å². The summed E-state index contributed by atoms with van der Waals surface area (Å²) in [7, 11) is 0. The third kappa shape index (κ3) is 2.73. The van der Waals surface area contributed by atoms with Crippen molar-refractivity contribution in [2.45, 2.75) is 57.9 Å². The highest BCUT2D eigenvalue weighted by atomic mass is 16.2. The van der Waals surface area contributed by atoms with E-state index in [-0.39, 0.29) is 0 Å². The van der Waals surface area contributed by atoms with Crippen LogP contribution in [0.3, 0.4) is 0 Å². The molecule has 0 unspecified atom stereocenters. The molecule has 0 bridgehead atoms. The summed E-state index contributed by atoms with van der Waals surface area (Å²) in [6, 6.07) is 0.613. The zero-order valence-electron chi connectivity index (χ0n) is 9.17. The van der Waals surface area contributed by atoms with E-state index in [4.69, 9.17) is 0 Å². The van der Waals surface area contributed by atoms with Crippen molar-refractivity contribution in [3.05, 3.63) is 0 Å². The lowest BCUT2D eigenvalue weighted by Gasteiger charge is -2.21. The smallest absolute Gasteiger partial charge is 0.222 e. The molecule has 2 saturated carbocycles. The number of carbonyl (C=O) groups excluding carboxylic acids is 1. The summed E-state index contributed by atoms with van der Waals surface area (Å²) in [5, 5.41) is 0. The SMILES string of the molecule is CCCN(C(=O)CCC1CC1)C1CC1. The zero-order valence-corrected chi connectivity index (χ0v) is 9.17. The molecule has 2 aliphatic carbocycles. The third-order valence-corrected chi connectivity index (χ3v) is 3.24. The van der Waals surface area contributed by atoms with Gasteiger partial charge in [-0.3, -0.25) is 4.79 Å². The highest BCUT2D eigenvalue weighted by molar-refractivity contribution is 5.76. The Morgan fingerprint density at radius 3 is 2.50 bits per heavy atom. The minimum absolute atomic E-state index is 0.418. The van der Waals surface area contributed by atoms with Crippen LogP contribution in [0.1, 0.15) is 51.9 Å². The molecule has 80 valence electrons. The molecule has 0 heterocycles. The Balaban J connectivity index is 1.73. The maximum absolute atomic E-state index is 11.9. The van der Waals surface area contributed by atoms with E-state index < -0.39 is 0 Å². The van der Waals surface area contributed by atoms with Crippen molar-refractivity contribution >= 4 is 5.91 Å². The highest BCUT2D eigenvalue weighted by Gasteiger charge is 2.32. The van der Waals surface area contributed by atoms with Crippen molar-refractivity contribution in [2.75, 3.05) is 6.54 Å². The Bertz CT molecular complexity index is 206. The molecule has 0 aromatic rings. The number of hydrogen-bond donors (Lipinski definition) is 0. The molecule has 0 aromatic heterocycles. The number of rotatable bonds is 6. The second-order valence-electron chi connectivity index (χ2n) is 4.80. The predicted octanol–water partition coefficient (Wildman–Crippen LogP) is 2.58. The summed E-state index contributed by atoms with van der Waals surface area (Å²) in [6.45, 7) is 3.14. The molecule has 1 amide bonds. The van der Waals surface area contributed by atoms with Crippen molar-refractivity contribution < 1.29 is 4.79 Å². The van der Waals surface area contributed by atoms with E-state index in [0.29, 0.717) is 11.9 Å². The molecule has 2 aliphatic rings. The van der Waals surface area contributed by atoms with Crippen molar-refractivity contribution in [3.63, 3.8) is 0 Å². The van der Waals surface area contributed by atoms with Gasteiger partial charge in [0.2, 0.25) is 5.91 Å². The van der Waals surface area contributed by atoms with Gasteiger partial charge in [-0.15, -0.1) is 0 Å². The first kappa shape index (κ1) is 10.0. The normalized spacial score (nSPS) is 20.9. The van der Waals surface area contributed by atoms with Crippen LogP contribution >= 0.6 is 0 Å². The molecule has 14 heavy (non-hydrogen) atoms. The van der Waals surface area contributed by atoms with Crippen LogP contribution < -0.4 is 0 Å². The first-order valence-corrected chi connectivity index (χ1v) is 6.10. The van der Waals surface area contributed by atoms with Crippen molar-refractivity contribution in [2.24, 2.45) is 5.92 Å². The fourth-order valence-corrected chi connectivity index (χ4v) is 2.02. The van der Waals surface area contributed by atoms with Crippen LogP contribution in [-0.4, -0.2) is 23.4 Å². The molecule has 2 nitrogen and oxygen atoms in total. The minimum Gasteiger partial charge on any atom is -0.340 e. The third-order valence-electron chi connectivity index (χ3n) is 3.24. The van der Waals surface area contributed by atoms with Gasteiger partial charge in [-0.05, 0) is 31.6 Å². The Kier molecular flexibility index (Phi) is 3.09. The van der Waals surface area contributed by atoms with Crippen LogP contribution in [0.15, 0.2) is 0 Å². The summed E-state index contributed by atoms with van der Waals surface area (Å²) < 4.78 is 0. The van der Waals surface area contributed by atoms with E-state index in [2.05, 4.69) is 11.8 Å². The van der Waals surface area contributed by atoms with Gasteiger partial charge in [0, 0.05) is 19.0 Å². The van der Waals surface area contributed by atoms with Crippen LogP contribution in [0.5, 0.6) is 0 Å². The molecule has 2 heteroatoms. The van der Waals surface area contributed by atoms with Gasteiger partial charge in [-0.2, -0.15) is 0 Å². The molecule has 0 aliphatic heterocycles. The van der Waals surface area contributed by atoms with Crippen LogP contribution in [0.25, 0.3) is 0 Å². The topological polar surface area (TPSA) is 20.3 Å². The molecule has 0 aromatic carbocycles. The van der Waals surface area contributed by atoms with Gasteiger partial charge >= 0.3 is 0 Å². The molecule has 0 spiro atoms. The largest absolute Gasteiger partial charge is 0.340 e. The Morgan fingerprint density at radius 1 is 1.29 bits per heavy atom. The van der Waals surface area contributed by atoms with Gasteiger partial charge in [-0.25, -0.2) is 0 Å². The number of carbonyl (C=O) groups is 1. The molecule has 0 N–H and O–H groups in total. The van der Waals surface area contributed by atoms with E-state index in [1.165, 1.54) is 25.7 Å². The molecule has 2 fully saturated rings. The Labute approximate surface area is 86.7 Å². The monoisotopic (exact) mass is 195 g/mol. The van der Waals surface area contributed by atoms with Crippen molar-refractivity contribution in [1.29, 1.82) is 0 Å². The van der Waals surface area contributed by atoms with Gasteiger partial charge in [-0.1, -0.05) is 19.8 Å². The van der Waals surface area contributed by atoms with Gasteiger partial charge in [0.05, 0.1) is 0 Å². The number of amides is 1. The van der Waals surface area contributed by atoms with Gasteiger partial charge < -0.3 is 4.90 Å². The van der Waals surface area contributed by atoms with Gasteiger partial charge in [0.1, 0.15) is 0 Å². The summed E-state index contributed by atoms with van der Waals surface area (Å²) in [5.74, 6) is 1.31. The van der Waals surface area contributed by atoms with Crippen molar-refractivity contribution in [1.82, 2.24) is 4.90 Å². The standard InChI is InChI=1S/C12H21NO/c1-2-9-13(11-6-7-11)12(14)8-5-10-3-4-10/h10-11H,2-9H2,1H3. The van der Waals surface area contributed by atoms with E-state index >= 15 is 0 Å². The fraction of sp³-hybridized carbons (Fsp3) is 0.917. The summed E-state index contributed by atoms with van der Waals surface area (Å²) >= 11 is 0. The summed E-state index contributed by atoms with van der Waals surface area (Å²) in [4.78, 5) is 14.0. The minimum atomic E-state index is 0.418. The molecule has 2 rings (SSSR count). The molecule has 0 radical (unpaired) electrons. The van der Waals surface area contributed by atoms with Crippen LogP contribution in [0, 0.1) is 5.92 Å². The number of hydrogen-bond acceptors (Lipinski definition) is 1. The summed E-state index contributed by atoms with van der Waals surface area (Å²) in [6.07, 6.45) is 8.28. The first-order valence-electron chi connectivity index (χ1n) is 6.10. The maximum atomic E-state index is 11.9. The predicted molar refractivity (Wildman–Crippen MR) is 57.0 cm³/mol. The zero-order chi connectivity index (χ0) is 9.97. The second kappa shape index (κ2) is 4.33. The molecular formula is C12H21NO. The molecular weight excluding hydrogens is 174 g/mol. The fourth-order valence-electron chi connectivity index (χ4n) is 2.02. The Hall–Kier alpha value is -0.530. The van der Waals surface area contributed by atoms with Crippen LogP contribution in [-0.2, 0) is 4.79 Å². The van der Waals surface area contributed by atoms with E-state index in [0.717, 1.165) is 31.7 Å². The average Bonchev–Trinajstić information content (AvgIpc) is 3.03. The molecule has 0 saturated heterocycles. The van der Waals surface area contributed by atoms with Crippen molar-refractivity contribution in [3.8, 4) is 0 Å². The number of nitrogens with zero attached hydrogens (tertiary/aromatic N) is 1. The highest BCUT2D eigenvalue weighted by Crippen LogP contribution is 2.34. The second-order valence-corrected chi connectivity index (χ2v) is 4.80. The van der Waals surface area contributed by atoms with E-state index in [1.807, 2.05) is 0 Å². The van der Waals surface area contributed by atoms with Crippen LogP contribution in [0.4, 0.5) is 0 Å². The molecule has 0 atom stereocenters. The summed E-state index contributed by atoms with van der Waals surface area (Å²) in [5.41, 5.74) is 0. The van der Waals surface area contributed by atoms with E-state index in [9.17, 15) is 4.79 Å². The lowest BCUT2D eigenvalue weighted by Crippen LogP contribution is -2.33. The average molecular weight is 195 g/mol. The Morgan fingerprint density at radius 2 is 2.00 bits per heavy atom.